The van der Waals surface area contributed by atoms with E-state index >= 15 is 0 Å². The maximum Gasteiger partial charge on any atom is 0.234 e. The number of fused-ring (bicyclic) bond motifs is 1. The average Bonchev–Trinajstić information content (AvgIpc) is 3.15. The first-order chi connectivity index (χ1) is 13.2. The summed E-state index contributed by atoms with van der Waals surface area (Å²) in [7, 11) is 0. The summed E-state index contributed by atoms with van der Waals surface area (Å²) in [5.74, 6) is 1.44. The minimum absolute atomic E-state index is 0.122. The standard InChI is InChI=1S/C20H17N3O3S/c1-13-2-4-14(5-3-13)16-7-9-20(23-22-16)27-11-19(24)21-15-6-8-17-18(10-15)26-12-25-17/h2-10H,11-12H2,1H3,(H,21,24). The van der Waals surface area contributed by atoms with Crippen LogP contribution in [0.1, 0.15) is 5.56 Å². The molecule has 2 heterocycles. The van der Waals surface area contributed by atoms with Gasteiger partial charge in [-0.2, -0.15) is 0 Å². The van der Waals surface area contributed by atoms with E-state index in [4.69, 9.17) is 9.47 Å². The number of thioether (sulfide) groups is 1. The number of nitrogens with one attached hydrogen (secondary N) is 1. The van der Waals surface area contributed by atoms with Gasteiger partial charge in [-0.3, -0.25) is 4.79 Å². The Morgan fingerprint density at radius 3 is 2.63 bits per heavy atom. The monoisotopic (exact) mass is 379 g/mol. The smallest absolute Gasteiger partial charge is 0.234 e. The highest BCUT2D eigenvalue weighted by Gasteiger charge is 2.14. The molecule has 1 N–H and O–H groups in total. The molecule has 0 aliphatic carbocycles. The van der Waals surface area contributed by atoms with Crippen LogP contribution in [0.5, 0.6) is 11.5 Å². The Hall–Kier alpha value is -3.06. The van der Waals surface area contributed by atoms with E-state index in [2.05, 4.69) is 15.5 Å². The van der Waals surface area contributed by atoms with Gasteiger partial charge in [0.1, 0.15) is 5.03 Å². The molecule has 0 atom stereocenters. The third-order valence-electron chi connectivity index (χ3n) is 3.99. The minimum atomic E-state index is -0.122. The van der Waals surface area contributed by atoms with Crippen LogP contribution in [0, 0.1) is 6.92 Å². The SMILES string of the molecule is Cc1ccc(-c2ccc(SCC(=O)Nc3ccc4c(c3)OCO4)nn2)cc1. The predicted octanol–water partition coefficient (Wildman–Crippen LogP) is 3.91. The van der Waals surface area contributed by atoms with Crippen molar-refractivity contribution in [3.05, 3.63) is 60.2 Å². The highest BCUT2D eigenvalue weighted by molar-refractivity contribution is 7.99. The fourth-order valence-electron chi connectivity index (χ4n) is 2.59. The molecule has 136 valence electrons. The summed E-state index contributed by atoms with van der Waals surface area (Å²) in [4.78, 5) is 12.2. The van der Waals surface area contributed by atoms with Crippen LogP contribution in [0.25, 0.3) is 11.3 Å². The van der Waals surface area contributed by atoms with Gasteiger partial charge < -0.3 is 14.8 Å². The number of carbonyl (C=O) groups excluding carboxylic acids is 1. The molecule has 1 aromatic heterocycles. The van der Waals surface area contributed by atoms with Crippen LogP contribution in [0.15, 0.2) is 59.6 Å². The molecule has 0 unspecified atom stereocenters. The molecule has 3 aromatic rings. The van der Waals surface area contributed by atoms with Gasteiger partial charge in [-0.25, -0.2) is 0 Å². The van der Waals surface area contributed by atoms with Crippen molar-refractivity contribution in [3.63, 3.8) is 0 Å². The molecule has 2 aromatic carbocycles. The van der Waals surface area contributed by atoms with E-state index in [0.29, 0.717) is 22.2 Å². The first kappa shape index (κ1) is 17.4. The average molecular weight is 379 g/mol. The Labute approximate surface area is 160 Å². The van der Waals surface area contributed by atoms with Gasteiger partial charge in [0, 0.05) is 17.3 Å². The van der Waals surface area contributed by atoms with E-state index in [1.54, 1.807) is 18.2 Å². The lowest BCUT2D eigenvalue weighted by Gasteiger charge is -2.06. The lowest BCUT2D eigenvalue weighted by atomic mass is 10.1. The molecular weight excluding hydrogens is 362 g/mol. The van der Waals surface area contributed by atoms with Crippen molar-refractivity contribution in [2.24, 2.45) is 0 Å². The molecule has 0 saturated carbocycles. The van der Waals surface area contributed by atoms with Gasteiger partial charge >= 0.3 is 0 Å². The molecule has 1 aliphatic rings. The molecule has 0 fully saturated rings. The van der Waals surface area contributed by atoms with E-state index in [9.17, 15) is 4.79 Å². The van der Waals surface area contributed by atoms with E-state index < -0.39 is 0 Å². The molecule has 6 nitrogen and oxygen atoms in total. The summed E-state index contributed by atoms with van der Waals surface area (Å²) in [5, 5.41) is 12.0. The number of amides is 1. The first-order valence-electron chi connectivity index (χ1n) is 8.40. The van der Waals surface area contributed by atoms with Crippen LogP contribution in [-0.4, -0.2) is 28.7 Å². The summed E-state index contributed by atoms with van der Waals surface area (Å²) in [5.41, 5.74) is 3.70. The molecule has 1 amide bonds. The fourth-order valence-corrected chi connectivity index (χ4v) is 3.20. The molecule has 4 rings (SSSR count). The maximum atomic E-state index is 12.2. The minimum Gasteiger partial charge on any atom is -0.454 e. The number of carbonyl (C=O) groups is 1. The zero-order valence-electron chi connectivity index (χ0n) is 14.6. The van der Waals surface area contributed by atoms with Crippen molar-refractivity contribution in [1.82, 2.24) is 10.2 Å². The lowest BCUT2D eigenvalue weighted by molar-refractivity contribution is -0.113. The molecule has 0 spiro atoms. The van der Waals surface area contributed by atoms with Crippen LogP contribution in [0.2, 0.25) is 0 Å². The van der Waals surface area contributed by atoms with Crippen molar-refractivity contribution in [3.8, 4) is 22.8 Å². The van der Waals surface area contributed by atoms with Crippen LogP contribution >= 0.6 is 11.8 Å². The van der Waals surface area contributed by atoms with Crippen molar-refractivity contribution in [2.75, 3.05) is 17.9 Å². The number of benzene rings is 2. The van der Waals surface area contributed by atoms with Gasteiger partial charge in [-0.1, -0.05) is 41.6 Å². The topological polar surface area (TPSA) is 73.3 Å². The van der Waals surface area contributed by atoms with Crippen molar-refractivity contribution in [1.29, 1.82) is 0 Å². The second-order valence-electron chi connectivity index (χ2n) is 6.03. The number of aryl methyl sites for hydroxylation is 1. The van der Waals surface area contributed by atoms with E-state index in [-0.39, 0.29) is 18.5 Å². The highest BCUT2D eigenvalue weighted by atomic mass is 32.2. The number of ether oxygens (including phenoxy) is 2. The molecule has 0 radical (unpaired) electrons. The normalized spacial score (nSPS) is 12.0. The predicted molar refractivity (Wildman–Crippen MR) is 104 cm³/mol. The van der Waals surface area contributed by atoms with Gasteiger partial charge in [0.05, 0.1) is 11.4 Å². The van der Waals surface area contributed by atoms with E-state index in [1.165, 1.54) is 17.3 Å². The Bertz CT molecular complexity index is 959. The molecule has 0 saturated heterocycles. The quantitative estimate of drug-likeness (QED) is 0.678. The summed E-state index contributed by atoms with van der Waals surface area (Å²) in [6.45, 7) is 2.25. The maximum absolute atomic E-state index is 12.2. The van der Waals surface area contributed by atoms with Gasteiger partial charge in [0.15, 0.2) is 11.5 Å². The van der Waals surface area contributed by atoms with Crippen molar-refractivity contribution in [2.45, 2.75) is 11.9 Å². The summed E-state index contributed by atoms with van der Waals surface area (Å²) >= 11 is 1.34. The zero-order chi connectivity index (χ0) is 18.6. The zero-order valence-corrected chi connectivity index (χ0v) is 15.5. The number of nitrogens with zero attached hydrogens (tertiary/aromatic N) is 2. The third-order valence-corrected chi connectivity index (χ3v) is 4.91. The number of hydrogen-bond acceptors (Lipinski definition) is 6. The number of aromatic nitrogens is 2. The number of hydrogen-bond donors (Lipinski definition) is 1. The Balaban J connectivity index is 1.33. The van der Waals surface area contributed by atoms with Gasteiger partial charge in [-0.05, 0) is 31.2 Å². The second-order valence-corrected chi connectivity index (χ2v) is 7.02. The Morgan fingerprint density at radius 2 is 1.85 bits per heavy atom. The van der Waals surface area contributed by atoms with Crippen LogP contribution in [-0.2, 0) is 4.79 Å². The van der Waals surface area contributed by atoms with Crippen LogP contribution < -0.4 is 14.8 Å². The summed E-state index contributed by atoms with van der Waals surface area (Å²) in [6, 6.07) is 17.2. The molecule has 27 heavy (non-hydrogen) atoms. The van der Waals surface area contributed by atoms with Gasteiger partial charge in [0.25, 0.3) is 0 Å². The Kier molecular flexibility index (Phi) is 4.93. The first-order valence-corrected chi connectivity index (χ1v) is 9.39. The Morgan fingerprint density at radius 1 is 1.04 bits per heavy atom. The van der Waals surface area contributed by atoms with E-state index in [1.807, 2.05) is 43.3 Å². The lowest BCUT2D eigenvalue weighted by Crippen LogP contribution is -2.14. The van der Waals surface area contributed by atoms with Gasteiger partial charge in [-0.15, -0.1) is 10.2 Å². The molecular formula is C20H17N3O3S. The summed E-state index contributed by atoms with van der Waals surface area (Å²) in [6.07, 6.45) is 0. The van der Waals surface area contributed by atoms with Gasteiger partial charge in [0.2, 0.25) is 12.7 Å². The largest absolute Gasteiger partial charge is 0.454 e. The number of anilines is 1. The highest BCUT2D eigenvalue weighted by Crippen LogP contribution is 2.34. The van der Waals surface area contributed by atoms with Crippen molar-refractivity contribution < 1.29 is 14.3 Å². The van der Waals surface area contributed by atoms with Crippen LogP contribution in [0.4, 0.5) is 5.69 Å². The number of rotatable bonds is 5. The summed E-state index contributed by atoms with van der Waals surface area (Å²) < 4.78 is 10.6. The molecule has 7 heteroatoms. The second kappa shape index (κ2) is 7.67. The third kappa shape index (κ3) is 4.20. The van der Waals surface area contributed by atoms with E-state index in [0.717, 1.165) is 11.3 Å². The van der Waals surface area contributed by atoms with Crippen LogP contribution in [0.3, 0.4) is 0 Å². The molecule has 0 bridgehead atoms. The van der Waals surface area contributed by atoms with Crippen molar-refractivity contribution >= 4 is 23.4 Å². The molecule has 1 aliphatic heterocycles. The fraction of sp³-hybridized carbons (Fsp3) is 0.150.